The number of nitrogens with zero attached hydrogens (tertiary/aromatic N) is 1. The fourth-order valence-corrected chi connectivity index (χ4v) is 2.86. The lowest BCUT2D eigenvalue weighted by Gasteiger charge is -2.29. The summed E-state index contributed by atoms with van der Waals surface area (Å²) >= 11 is 0. The smallest absolute Gasteiger partial charge is 0.242 e. The predicted octanol–water partition coefficient (Wildman–Crippen LogP) is 2.79. The number of likely N-dealkylation sites (N-methyl/N-ethyl adjacent to an activating group) is 1. The van der Waals surface area contributed by atoms with Gasteiger partial charge in [0.1, 0.15) is 6.04 Å². The second-order valence-electron chi connectivity index (χ2n) is 6.44. The van der Waals surface area contributed by atoms with Gasteiger partial charge in [-0.1, -0.05) is 67.6 Å². The first kappa shape index (κ1) is 19.2. The average Bonchev–Trinajstić information content (AvgIpc) is 2.63. The van der Waals surface area contributed by atoms with Gasteiger partial charge in [0.15, 0.2) is 0 Å². The Balaban J connectivity index is 2.04. The molecule has 2 aromatic rings. The van der Waals surface area contributed by atoms with Crippen LogP contribution in [0.25, 0.3) is 0 Å². The molecule has 2 rings (SSSR count). The van der Waals surface area contributed by atoms with E-state index < -0.39 is 6.10 Å². The molecule has 0 aliphatic carbocycles. The normalized spacial score (nSPS) is 14.8. The van der Waals surface area contributed by atoms with E-state index in [1.54, 1.807) is 0 Å². The number of aliphatic hydroxyl groups is 1. The van der Waals surface area contributed by atoms with E-state index in [0.29, 0.717) is 6.42 Å². The van der Waals surface area contributed by atoms with Crippen LogP contribution in [0.4, 0.5) is 0 Å². The van der Waals surface area contributed by atoms with Gasteiger partial charge in [-0.05, 0) is 31.6 Å². The van der Waals surface area contributed by atoms with Crippen LogP contribution in [-0.2, 0) is 11.2 Å². The number of rotatable bonds is 8. The third kappa shape index (κ3) is 5.41. The Kier molecular flexibility index (Phi) is 7.16. The van der Waals surface area contributed by atoms with Crippen molar-refractivity contribution in [2.45, 2.75) is 38.5 Å². The fraction of sp³-hybridized carbons (Fsp3) is 0.381. The van der Waals surface area contributed by atoms with E-state index in [2.05, 4.69) is 5.32 Å². The summed E-state index contributed by atoms with van der Waals surface area (Å²) in [5.41, 5.74) is 2.01. The molecule has 2 N–H and O–H groups in total. The molecule has 0 spiro atoms. The summed E-state index contributed by atoms with van der Waals surface area (Å²) in [5.74, 6) is -0.0878. The van der Waals surface area contributed by atoms with Gasteiger partial charge >= 0.3 is 0 Å². The van der Waals surface area contributed by atoms with Crippen molar-refractivity contribution in [3.63, 3.8) is 0 Å². The molecular weight excluding hydrogens is 312 g/mol. The molecule has 0 saturated carbocycles. The van der Waals surface area contributed by atoms with Crippen molar-refractivity contribution >= 4 is 5.91 Å². The Morgan fingerprint density at radius 3 is 2.20 bits per heavy atom. The molecular formula is C21H28N2O2. The third-order valence-electron chi connectivity index (χ3n) is 4.54. The minimum atomic E-state index is -0.630. The van der Waals surface area contributed by atoms with Crippen LogP contribution >= 0.6 is 0 Å². The summed E-state index contributed by atoms with van der Waals surface area (Å²) in [6.45, 7) is 4.63. The first-order valence-electron chi connectivity index (χ1n) is 8.80. The molecule has 25 heavy (non-hydrogen) atoms. The van der Waals surface area contributed by atoms with Crippen LogP contribution in [0, 0.1) is 0 Å². The summed E-state index contributed by atoms with van der Waals surface area (Å²) in [6.07, 6.45) is -0.114. The highest BCUT2D eigenvalue weighted by molar-refractivity contribution is 5.83. The monoisotopic (exact) mass is 340 g/mol. The van der Waals surface area contributed by atoms with Gasteiger partial charge in [-0.3, -0.25) is 9.69 Å². The summed E-state index contributed by atoms with van der Waals surface area (Å²) < 4.78 is 0. The topological polar surface area (TPSA) is 52.6 Å². The number of hydrogen-bond donors (Lipinski definition) is 2. The lowest BCUT2D eigenvalue weighted by Crippen LogP contribution is -2.47. The standard InChI is InChI=1S/C21H28N2O2/c1-4-23(3)20(18-13-9-6-10-14-18)21(25)22-16(2)19(24)15-17-11-7-5-8-12-17/h5-14,16,19-20,24H,4,15H2,1-3H3,(H,22,25). The van der Waals surface area contributed by atoms with Crippen molar-refractivity contribution in [2.75, 3.05) is 13.6 Å². The van der Waals surface area contributed by atoms with Crippen LogP contribution in [0.1, 0.15) is 31.0 Å². The number of benzene rings is 2. The summed E-state index contributed by atoms with van der Waals surface area (Å²) in [6, 6.07) is 18.9. The van der Waals surface area contributed by atoms with E-state index in [-0.39, 0.29) is 18.0 Å². The van der Waals surface area contributed by atoms with Gasteiger partial charge in [0.2, 0.25) is 5.91 Å². The summed E-state index contributed by atoms with van der Waals surface area (Å²) in [5, 5.41) is 13.4. The maximum Gasteiger partial charge on any atom is 0.242 e. The van der Waals surface area contributed by atoms with Crippen molar-refractivity contribution in [3.05, 3.63) is 71.8 Å². The van der Waals surface area contributed by atoms with Crippen molar-refractivity contribution in [2.24, 2.45) is 0 Å². The van der Waals surface area contributed by atoms with E-state index >= 15 is 0 Å². The Morgan fingerprint density at radius 2 is 1.64 bits per heavy atom. The fourth-order valence-electron chi connectivity index (χ4n) is 2.86. The molecule has 0 bridgehead atoms. The molecule has 4 heteroatoms. The van der Waals surface area contributed by atoms with Gasteiger partial charge in [0.05, 0.1) is 12.1 Å². The molecule has 134 valence electrons. The molecule has 0 radical (unpaired) electrons. The predicted molar refractivity (Wildman–Crippen MR) is 101 cm³/mol. The zero-order valence-electron chi connectivity index (χ0n) is 15.2. The number of aliphatic hydroxyl groups excluding tert-OH is 1. The quantitative estimate of drug-likeness (QED) is 0.777. The first-order chi connectivity index (χ1) is 12.0. The van der Waals surface area contributed by atoms with Gasteiger partial charge < -0.3 is 10.4 Å². The van der Waals surface area contributed by atoms with Crippen LogP contribution in [0.3, 0.4) is 0 Å². The Morgan fingerprint density at radius 1 is 1.08 bits per heavy atom. The molecule has 0 heterocycles. The molecule has 2 aromatic carbocycles. The highest BCUT2D eigenvalue weighted by atomic mass is 16.3. The molecule has 3 atom stereocenters. The maximum atomic E-state index is 12.8. The van der Waals surface area contributed by atoms with Crippen molar-refractivity contribution < 1.29 is 9.90 Å². The van der Waals surface area contributed by atoms with Crippen LogP contribution in [0.2, 0.25) is 0 Å². The van der Waals surface area contributed by atoms with Crippen LogP contribution < -0.4 is 5.32 Å². The van der Waals surface area contributed by atoms with Crippen molar-refractivity contribution in [1.82, 2.24) is 10.2 Å². The Hall–Kier alpha value is -2.17. The van der Waals surface area contributed by atoms with Gasteiger partial charge in [-0.2, -0.15) is 0 Å². The third-order valence-corrected chi connectivity index (χ3v) is 4.54. The van der Waals surface area contributed by atoms with Crippen molar-refractivity contribution in [3.8, 4) is 0 Å². The minimum absolute atomic E-state index is 0.0878. The molecule has 0 aliphatic rings. The van der Waals surface area contributed by atoms with Gasteiger partial charge in [0.25, 0.3) is 0 Å². The lowest BCUT2D eigenvalue weighted by molar-refractivity contribution is -0.127. The minimum Gasteiger partial charge on any atom is -0.391 e. The van der Waals surface area contributed by atoms with E-state index in [9.17, 15) is 9.90 Å². The van der Waals surface area contributed by atoms with Crippen LogP contribution in [0.5, 0.6) is 0 Å². The average molecular weight is 340 g/mol. The number of hydrogen-bond acceptors (Lipinski definition) is 3. The van der Waals surface area contributed by atoms with Crippen LogP contribution in [-0.4, -0.2) is 41.7 Å². The Labute approximate surface area is 150 Å². The van der Waals surface area contributed by atoms with E-state index in [4.69, 9.17) is 0 Å². The molecule has 3 unspecified atom stereocenters. The molecule has 0 fully saturated rings. The van der Waals surface area contributed by atoms with E-state index in [0.717, 1.165) is 17.7 Å². The van der Waals surface area contributed by atoms with Crippen LogP contribution in [0.15, 0.2) is 60.7 Å². The molecule has 0 saturated heterocycles. The Bertz CT molecular complexity index is 645. The highest BCUT2D eigenvalue weighted by Gasteiger charge is 2.27. The molecule has 0 aliphatic heterocycles. The number of amides is 1. The summed E-state index contributed by atoms with van der Waals surface area (Å²) in [7, 11) is 1.93. The van der Waals surface area contributed by atoms with Gasteiger partial charge in [0, 0.05) is 6.42 Å². The number of nitrogens with one attached hydrogen (secondary N) is 1. The zero-order chi connectivity index (χ0) is 18.2. The second-order valence-corrected chi connectivity index (χ2v) is 6.44. The maximum absolute atomic E-state index is 12.8. The summed E-state index contributed by atoms with van der Waals surface area (Å²) in [4.78, 5) is 14.8. The van der Waals surface area contributed by atoms with E-state index in [1.165, 1.54) is 0 Å². The van der Waals surface area contributed by atoms with E-state index in [1.807, 2.05) is 86.5 Å². The molecule has 1 amide bonds. The van der Waals surface area contributed by atoms with Crippen molar-refractivity contribution in [1.29, 1.82) is 0 Å². The zero-order valence-corrected chi connectivity index (χ0v) is 15.2. The van der Waals surface area contributed by atoms with Gasteiger partial charge in [-0.25, -0.2) is 0 Å². The highest BCUT2D eigenvalue weighted by Crippen LogP contribution is 2.19. The lowest BCUT2D eigenvalue weighted by atomic mass is 10.0. The number of carbonyl (C=O) groups is 1. The first-order valence-corrected chi connectivity index (χ1v) is 8.80. The molecule has 0 aromatic heterocycles. The molecule has 4 nitrogen and oxygen atoms in total. The SMILES string of the molecule is CCN(C)C(C(=O)NC(C)C(O)Cc1ccccc1)c1ccccc1. The van der Waals surface area contributed by atoms with Gasteiger partial charge in [-0.15, -0.1) is 0 Å². The second kappa shape index (κ2) is 9.35. The largest absolute Gasteiger partial charge is 0.391 e. The number of carbonyl (C=O) groups excluding carboxylic acids is 1.